The van der Waals surface area contributed by atoms with Crippen LogP contribution in [0, 0.1) is 76.3 Å². The van der Waals surface area contributed by atoms with Gasteiger partial charge < -0.3 is 109 Å². The van der Waals surface area contributed by atoms with Crippen LogP contribution in [0.4, 0.5) is 22.7 Å². The van der Waals surface area contributed by atoms with Crippen molar-refractivity contribution in [2.24, 2.45) is 20.0 Å². The van der Waals surface area contributed by atoms with E-state index < -0.39 is 11.9 Å². The molecule has 8 aromatic rings. The van der Waals surface area contributed by atoms with E-state index in [4.69, 9.17) is 49.0 Å². The number of aliphatic carboxylic acids is 2. The van der Waals surface area contributed by atoms with Gasteiger partial charge >= 0.3 is 115 Å². The molecular formula is C92H118Dy2N4O22Zn2. The molecule has 0 saturated carbocycles. The van der Waals surface area contributed by atoms with Crippen LogP contribution in [0.2, 0.25) is 0 Å². The van der Waals surface area contributed by atoms with E-state index >= 15 is 0 Å². The van der Waals surface area contributed by atoms with E-state index in [1.165, 1.54) is 133 Å². The van der Waals surface area contributed by atoms with E-state index in [1.54, 1.807) is 111 Å². The smallest absolute Gasteiger partial charge is 0.871 e. The van der Waals surface area contributed by atoms with Gasteiger partial charge in [0.05, 0.1) is 51.2 Å². The van der Waals surface area contributed by atoms with Gasteiger partial charge in [0.1, 0.15) is 46.1 Å². The molecule has 0 atom stereocenters. The molecule has 0 bridgehead atoms. The van der Waals surface area contributed by atoms with E-state index in [2.05, 4.69) is 103 Å². The van der Waals surface area contributed by atoms with Crippen molar-refractivity contribution >= 4 is 82.7 Å². The van der Waals surface area contributed by atoms with Gasteiger partial charge in [0, 0.05) is 50.0 Å². The summed E-state index contributed by atoms with van der Waals surface area (Å²) in [5, 5.41) is 129. The average Bonchev–Trinajstić information content (AvgIpc) is 0.838. The van der Waals surface area contributed by atoms with Crippen molar-refractivity contribution in [3.8, 4) is 69.0 Å². The van der Waals surface area contributed by atoms with E-state index in [-0.39, 0.29) is 242 Å². The standard InChI is InChI=1S/4C18H21NO3.4C3H6O.2C2H4O2.2C2H6O.2Dy.2Zn/c4*1-18(2,3)13-8-9-15(20)14(10-13)19-11-12-6-5-7-16(22-4)17(12)21;4*1-3(2)4;2*1-2(3)4;2*1-2-3;;;;/h4*5-11,20-21H,1-4H3;4*1-2H3;2*1H3,(H,3,4);2*3H,2H2,1H3;;;;/q;;;;;;;;;;;;2*+3;2*+2/p-10. The Morgan fingerprint density at radius 2 is 0.443 bits per heavy atom. The Balaban J connectivity index is -0.000000210. The summed E-state index contributed by atoms with van der Waals surface area (Å²) in [5.74, 6) is -2.10. The molecule has 0 aliphatic carbocycles. The number of Topliss-reactive ketones (excluding diaryl/α,β-unsaturated/α-hetero) is 4. The van der Waals surface area contributed by atoms with Crippen LogP contribution in [0.15, 0.2) is 166 Å². The molecule has 0 fully saturated rings. The fourth-order valence-corrected chi connectivity index (χ4v) is 8.08. The summed E-state index contributed by atoms with van der Waals surface area (Å²) in [6, 6.07) is 40.2. The molecule has 0 amide bonds. The van der Waals surface area contributed by atoms with Crippen LogP contribution in [0.3, 0.4) is 0 Å². The van der Waals surface area contributed by atoms with Crippen molar-refractivity contribution in [2.75, 3.05) is 41.7 Å². The van der Waals surface area contributed by atoms with Crippen molar-refractivity contribution in [2.45, 2.75) is 188 Å². The number of nitrogens with zero attached hydrogens (tertiary/aromatic N) is 4. The fourth-order valence-electron chi connectivity index (χ4n) is 8.08. The molecule has 2 radical (unpaired) electrons. The molecular weight excluding hydrogens is 1970 g/mol. The molecule has 0 saturated heterocycles. The third-order valence-corrected chi connectivity index (χ3v) is 13.6. The molecule has 2 N–H and O–H groups in total. The fraction of sp³-hybridized carbons (Fsp3) is 0.370. The van der Waals surface area contributed by atoms with Crippen molar-refractivity contribution in [1.82, 2.24) is 0 Å². The van der Waals surface area contributed by atoms with Crippen molar-refractivity contribution in [1.29, 1.82) is 0 Å². The Morgan fingerprint density at radius 3 is 0.557 bits per heavy atom. The van der Waals surface area contributed by atoms with Gasteiger partial charge in [0.15, 0.2) is 0 Å². The first-order chi connectivity index (χ1) is 54.5. The Labute approximate surface area is 807 Å². The van der Waals surface area contributed by atoms with Crippen molar-refractivity contribution in [3.63, 3.8) is 0 Å². The molecule has 662 valence electrons. The predicted molar refractivity (Wildman–Crippen MR) is 449 cm³/mol. The van der Waals surface area contributed by atoms with E-state index in [0.29, 0.717) is 45.0 Å². The largest absolute Gasteiger partial charge is 3.00 e. The maximum Gasteiger partial charge on any atom is 3.00 e. The molecule has 0 aliphatic rings. The normalized spacial score (nSPS) is 10.1. The van der Waals surface area contributed by atoms with Crippen LogP contribution in [0.1, 0.15) is 211 Å². The number of ketones is 4. The molecule has 30 heteroatoms. The predicted octanol–water partition coefficient (Wildman–Crippen LogP) is 11.4. The molecule has 0 spiro atoms. The van der Waals surface area contributed by atoms with Crippen LogP contribution in [0.25, 0.3) is 0 Å². The summed E-state index contributed by atoms with van der Waals surface area (Å²) in [6.07, 6.45) is 5.64. The van der Waals surface area contributed by atoms with Gasteiger partial charge in [-0.3, -0.25) is 20.0 Å². The molecule has 0 aromatic heterocycles. The number of carbonyl (C=O) groups excluding carboxylic acids is 6. The summed E-state index contributed by atoms with van der Waals surface area (Å²) < 4.78 is 20.0. The van der Waals surface area contributed by atoms with Gasteiger partial charge in [-0.25, -0.2) is 0 Å². The van der Waals surface area contributed by atoms with Gasteiger partial charge in [0.25, 0.3) is 0 Å². The van der Waals surface area contributed by atoms with E-state index in [1.807, 2.05) is 24.3 Å². The SMILES string of the molecule is CC(=O)[O-].CC(=O)[O-].CC(C)=O.CC(C)=O.CC(C)=O.CC(C)=O.CCO.CCO.COc1cccc(C=Nc2cc(C(C)(C)C)ccc2[O-])c1[O-].COc1cccc(C=Nc2cc(C(C)(C)C)ccc2[O-])c1[O-].COc1cccc(C=Nc2cc(C(C)(C)C)ccc2[O-])c1[O-].COc1cccc(C=Nc2cc(C(C)(C)C)ccc2[O-])c1[O-].[Dy+3].[Dy+3].[Zn+2].[Zn+2]. The van der Waals surface area contributed by atoms with Gasteiger partial charge in [-0.15, -0.1) is 0 Å². The maximum atomic E-state index is 12.0. The number of carboxylic acid groups (broad SMARTS) is 2. The van der Waals surface area contributed by atoms with Gasteiger partial charge in [0.2, 0.25) is 0 Å². The van der Waals surface area contributed by atoms with E-state index in [0.717, 1.165) is 36.1 Å². The van der Waals surface area contributed by atoms with Gasteiger partial charge in [-0.2, -0.15) is 0 Å². The minimum absolute atomic E-state index is 0. The topological polar surface area (TPSA) is 460 Å². The first-order valence-corrected chi connectivity index (χ1v) is 36.8. The Kier molecular flexibility index (Phi) is 71.7. The minimum Gasteiger partial charge on any atom is -0.871 e. The third kappa shape index (κ3) is 59.2. The Bertz CT molecular complexity index is 3930. The van der Waals surface area contributed by atoms with Gasteiger partial charge in [-0.05, 0) is 198 Å². The summed E-state index contributed by atoms with van der Waals surface area (Å²) >= 11 is 0. The number of carbonyl (C=O) groups is 6. The van der Waals surface area contributed by atoms with Gasteiger partial charge in [-0.1, -0.05) is 226 Å². The second-order valence-electron chi connectivity index (χ2n) is 29.5. The van der Waals surface area contributed by atoms with Crippen molar-refractivity contribution in [3.05, 3.63) is 190 Å². The number of benzene rings is 8. The number of aliphatic imine (C=N–C) groups is 4. The number of aliphatic hydroxyl groups is 2. The van der Waals surface area contributed by atoms with Crippen LogP contribution < -0.4 is 70.0 Å². The molecule has 0 aliphatic heterocycles. The quantitative estimate of drug-likeness (QED) is 0.0847. The zero-order valence-electron chi connectivity index (χ0n) is 75.5. The maximum absolute atomic E-state index is 12.0. The molecule has 26 nitrogen and oxygen atoms in total. The van der Waals surface area contributed by atoms with Crippen LogP contribution in [-0.2, 0) is 89.4 Å². The first-order valence-electron chi connectivity index (χ1n) is 36.8. The Hall–Kier alpha value is -8.63. The summed E-state index contributed by atoms with van der Waals surface area (Å²) in [7, 11) is 5.78. The number of aliphatic hydroxyl groups excluding tert-OH is 2. The molecule has 0 heterocycles. The third-order valence-electron chi connectivity index (χ3n) is 13.6. The van der Waals surface area contributed by atoms with Crippen LogP contribution in [0.5, 0.6) is 69.0 Å². The number of hydrogen-bond donors (Lipinski definition) is 2. The number of ether oxygens (including phenoxy) is 4. The Morgan fingerprint density at radius 1 is 0.311 bits per heavy atom. The zero-order chi connectivity index (χ0) is 92.2. The van der Waals surface area contributed by atoms with Crippen LogP contribution >= 0.6 is 0 Å². The second kappa shape index (κ2) is 67.8. The molecule has 8 aromatic carbocycles. The number of hydrogen-bond acceptors (Lipinski definition) is 26. The van der Waals surface area contributed by atoms with Crippen molar-refractivity contribution < 1.29 is 224 Å². The average molecular weight is 2090 g/mol. The second-order valence-corrected chi connectivity index (χ2v) is 29.5. The summed E-state index contributed by atoms with van der Waals surface area (Å²) in [5.41, 5.74) is 6.66. The number of para-hydroxylation sites is 4. The number of methoxy groups -OCH3 is 4. The summed E-state index contributed by atoms with van der Waals surface area (Å²) in [6.45, 7) is 42.8. The molecule has 122 heavy (non-hydrogen) atoms. The number of rotatable bonds is 12. The molecule has 0 unspecified atom stereocenters. The minimum atomic E-state index is -1.08. The van der Waals surface area contributed by atoms with Crippen LogP contribution in [-0.4, -0.2) is 112 Å². The monoisotopic (exact) mass is 2090 g/mol. The first kappa shape index (κ1) is 129. The van der Waals surface area contributed by atoms with E-state index in [9.17, 15) is 60.0 Å². The zero-order valence-corrected chi connectivity index (χ0v) is 85.5. The number of carboxylic acids is 2. The summed E-state index contributed by atoms with van der Waals surface area (Å²) in [4.78, 5) is 72.3. The molecule has 8 rings (SSSR count).